The minimum Gasteiger partial charge on any atom is -0.494 e. The van der Waals surface area contributed by atoms with Crippen molar-refractivity contribution < 1.29 is 9.53 Å². The van der Waals surface area contributed by atoms with Gasteiger partial charge in [0, 0.05) is 17.2 Å². The number of ketones is 1. The van der Waals surface area contributed by atoms with E-state index in [9.17, 15) is 15.3 Å². The van der Waals surface area contributed by atoms with E-state index in [0.29, 0.717) is 12.4 Å². The largest absolute Gasteiger partial charge is 0.494 e. The van der Waals surface area contributed by atoms with Crippen LogP contribution in [0.5, 0.6) is 5.75 Å². The van der Waals surface area contributed by atoms with Gasteiger partial charge in [0.05, 0.1) is 30.8 Å². The van der Waals surface area contributed by atoms with Crippen molar-refractivity contribution in [3.8, 4) is 17.9 Å². The van der Waals surface area contributed by atoms with Gasteiger partial charge < -0.3 is 9.64 Å². The Balaban J connectivity index is 2.00. The summed E-state index contributed by atoms with van der Waals surface area (Å²) >= 11 is 0. The van der Waals surface area contributed by atoms with E-state index in [4.69, 9.17) is 4.74 Å². The SMILES string of the molecule is CCOc1ccccc1C1[C@@H](C(C)=O)N2c3ccccc3C=C[C@@H]2C1(C#N)C#N. The van der Waals surface area contributed by atoms with E-state index in [1.807, 2.05) is 72.5 Å². The van der Waals surface area contributed by atoms with Crippen LogP contribution in [-0.4, -0.2) is 24.5 Å². The number of nitrogens with zero attached hydrogens (tertiary/aromatic N) is 3. The molecule has 1 unspecified atom stereocenters. The number of fused-ring (bicyclic) bond motifs is 3. The van der Waals surface area contributed by atoms with Crippen LogP contribution in [0.4, 0.5) is 5.69 Å². The molecule has 2 heterocycles. The second-order valence-electron chi connectivity index (χ2n) is 7.37. The summed E-state index contributed by atoms with van der Waals surface area (Å²) in [6.07, 6.45) is 3.82. The number of para-hydroxylation sites is 2. The molecular formula is C24H21N3O2. The molecule has 0 spiro atoms. The number of hydrogen-bond acceptors (Lipinski definition) is 5. The number of nitriles is 2. The van der Waals surface area contributed by atoms with E-state index in [2.05, 4.69) is 12.1 Å². The van der Waals surface area contributed by atoms with Crippen LogP contribution in [0.3, 0.4) is 0 Å². The Bertz CT molecular complexity index is 1060. The fourth-order valence-electron chi connectivity index (χ4n) is 4.76. The topological polar surface area (TPSA) is 77.1 Å². The van der Waals surface area contributed by atoms with Gasteiger partial charge in [-0.1, -0.05) is 48.6 Å². The van der Waals surface area contributed by atoms with Crippen LogP contribution in [0.1, 0.15) is 30.9 Å². The molecule has 29 heavy (non-hydrogen) atoms. The number of carbonyl (C=O) groups excluding carboxylic acids is 1. The zero-order valence-corrected chi connectivity index (χ0v) is 16.4. The van der Waals surface area contributed by atoms with Crippen LogP contribution in [0.15, 0.2) is 54.6 Å². The van der Waals surface area contributed by atoms with Crippen LogP contribution in [0.2, 0.25) is 0 Å². The fourth-order valence-corrected chi connectivity index (χ4v) is 4.76. The lowest BCUT2D eigenvalue weighted by molar-refractivity contribution is -0.118. The number of ether oxygens (including phenoxy) is 1. The molecule has 0 aliphatic carbocycles. The van der Waals surface area contributed by atoms with E-state index < -0.39 is 23.4 Å². The average molecular weight is 383 g/mol. The van der Waals surface area contributed by atoms with Gasteiger partial charge in [0.15, 0.2) is 11.2 Å². The van der Waals surface area contributed by atoms with Gasteiger partial charge in [0.1, 0.15) is 5.75 Å². The molecule has 4 rings (SSSR count). The Kier molecular flexibility index (Phi) is 4.60. The standard InChI is InChI=1S/C24H21N3O2/c1-3-29-20-11-7-5-9-18(20)22-23(16(2)28)27-19-10-6-4-8-17(19)12-13-21(27)24(22,14-25)15-26/h4-13,21-23H,3H2,1-2H3/t21-,22?,23-/m1/s1. The van der Waals surface area contributed by atoms with E-state index in [1.54, 1.807) is 0 Å². The highest BCUT2D eigenvalue weighted by Crippen LogP contribution is 2.56. The summed E-state index contributed by atoms with van der Waals surface area (Å²) in [5.74, 6) is -0.111. The first-order valence-corrected chi connectivity index (χ1v) is 9.69. The summed E-state index contributed by atoms with van der Waals surface area (Å²) < 4.78 is 5.82. The summed E-state index contributed by atoms with van der Waals surface area (Å²) in [6.45, 7) is 3.87. The van der Waals surface area contributed by atoms with Crippen molar-refractivity contribution in [2.24, 2.45) is 5.41 Å². The lowest BCUT2D eigenvalue weighted by Gasteiger charge is -2.35. The summed E-state index contributed by atoms with van der Waals surface area (Å²) in [4.78, 5) is 14.9. The Morgan fingerprint density at radius 2 is 1.83 bits per heavy atom. The molecule has 2 aliphatic heterocycles. The fraction of sp³-hybridized carbons (Fsp3) is 0.292. The lowest BCUT2D eigenvalue weighted by atomic mass is 9.69. The quantitative estimate of drug-likeness (QED) is 0.795. The molecular weight excluding hydrogens is 362 g/mol. The first-order chi connectivity index (χ1) is 14.1. The lowest BCUT2D eigenvalue weighted by Crippen LogP contribution is -2.43. The van der Waals surface area contributed by atoms with Crippen molar-refractivity contribution in [1.82, 2.24) is 0 Å². The van der Waals surface area contributed by atoms with E-state index in [-0.39, 0.29) is 5.78 Å². The smallest absolute Gasteiger partial charge is 0.176 e. The van der Waals surface area contributed by atoms with Gasteiger partial charge in [0.25, 0.3) is 0 Å². The third kappa shape index (κ3) is 2.62. The van der Waals surface area contributed by atoms with Gasteiger partial charge in [-0.05, 0) is 31.5 Å². The molecule has 2 aromatic rings. The molecule has 5 nitrogen and oxygen atoms in total. The van der Waals surface area contributed by atoms with Crippen LogP contribution in [-0.2, 0) is 4.79 Å². The molecule has 0 bridgehead atoms. The first kappa shape index (κ1) is 18.8. The molecule has 2 aliphatic rings. The Morgan fingerprint density at radius 1 is 1.14 bits per heavy atom. The second kappa shape index (κ2) is 7.11. The molecule has 2 aromatic carbocycles. The van der Waals surface area contributed by atoms with Crippen LogP contribution < -0.4 is 9.64 Å². The highest BCUT2D eigenvalue weighted by atomic mass is 16.5. The zero-order chi connectivity index (χ0) is 20.6. The maximum absolute atomic E-state index is 13.0. The molecule has 5 heteroatoms. The molecule has 0 radical (unpaired) electrons. The molecule has 3 atom stereocenters. The molecule has 0 N–H and O–H groups in total. The highest BCUT2D eigenvalue weighted by Gasteiger charge is 2.63. The van der Waals surface area contributed by atoms with Crippen LogP contribution >= 0.6 is 0 Å². The van der Waals surface area contributed by atoms with Gasteiger partial charge in [-0.15, -0.1) is 0 Å². The molecule has 0 aromatic heterocycles. The number of anilines is 1. The number of rotatable bonds is 4. The average Bonchev–Trinajstić information content (AvgIpc) is 3.05. The first-order valence-electron chi connectivity index (χ1n) is 9.69. The molecule has 0 amide bonds. The Hall–Kier alpha value is -3.57. The van der Waals surface area contributed by atoms with Crippen molar-refractivity contribution in [1.29, 1.82) is 10.5 Å². The summed E-state index contributed by atoms with van der Waals surface area (Å²) in [7, 11) is 0. The van der Waals surface area contributed by atoms with Gasteiger partial charge in [-0.25, -0.2) is 0 Å². The van der Waals surface area contributed by atoms with E-state index in [0.717, 1.165) is 16.8 Å². The van der Waals surface area contributed by atoms with Crippen molar-refractivity contribution >= 4 is 17.5 Å². The zero-order valence-electron chi connectivity index (χ0n) is 16.4. The number of carbonyl (C=O) groups is 1. The normalized spacial score (nSPS) is 23.4. The van der Waals surface area contributed by atoms with Crippen LogP contribution in [0.25, 0.3) is 6.08 Å². The van der Waals surface area contributed by atoms with Gasteiger partial charge >= 0.3 is 0 Å². The molecule has 144 valence electrons. The predicted octanol–water partition coefficient (Wildman–Crippen LogP) is 4.08. The van der Waals surface area contributed by atoms with Crippen molar-refractivity contribution in [3.63, 3.8) is 0 Å². The van der Waals surface area contributed by atoms with Crippen LogP contribution in [0, 0.1) is 28.1 Å². The monoisotopic (exact) mass is 383 g/mol. The third-order valence-electron chi connectivity index (χ3n) is 5.89. The van der Waals surface area contributed by atoms with Crippen molar-refractivity contribution in [2.75, 3.05) is 11.5 Å². The number of benzene rings is 2. The summed E-state index contributed by atoms with van der Waals surface area (Å²) in [5, 5.41) is 20.5. The molecule has 1 fully saturated rings. The third-order valence-corrected chi connectivity index (χ3v) is 5.89. The van der Waals surface area contributed by atoms with Gasteiger partial charge in [-0.2, -0.15) is 10.5 Å². The van der Waals surface area contributed by atoms with E-state index >= 15 is 0 Å². The number of Topliss-reactive ketones (excluding diaryl/α,β-unsaturated/α-hetero) is 1. The predicted molar refractivity (Wildman–Crippen MR) is 110 cm³/mol. The summed E-state index contributed by atoms with van der Waals surface area (Å²) in [6, 6.07) is 18.6. The maximum atomic E-state index is 13.0. The highest BCUT2D eigenvalue weighted by molar-refractivity contribution is 5.91. The summed E-state index contributed by atoms with van der Waals surface area (Å²) in [5.41, 5.74) is 1.14. The van der Waals surface area contributed by atoms with E-state index in [1.165, 1.54) is 6.92 Å². The van der Waals surface area contributed by atoms with Crippen molar-refractivity contribution in [3.05, 3.63) is 65.7 Å². The molecule has 1 saturated heterocycles. The van der Waals surface area contributed by atoms with Crippen molar-refractivity contribution in [2.45, 2.75) is 31.8 Å². The Labute approximate surface area is 170 Å². The maximum Gasteiger partial charge on any atom is 0.176 e. The molecule has 0 saturated carbocycles. The number of hydrogen-bond donors (Lipinski definition) is 0. The van der Waals surface area contributed by atoms with Gasteiger partial charge in [0.2, 0.25) is 0 Å². The minimum absolute atomic E-state index is 0.0798. The van der Waals surface area contributed by atoms with Gasteiger partial charge in [-0.3, -0.25) is 4.79 Å². The minimum atomic E-state index is -1.42. The Morgan fingerprint density at radius 3 is 2.52 bits per heavy atom. The second-order valence-corrected chi connectivity index (χ2v) is 7.37.